The fraction of sp³-hybridized carbons (Fsp3) is 0.588. The Balaban J connectivity index is 1.90. The maximum absolute atomic E-state index is 12.4. The molecule has 1 aliphatic rings. The molecule has 20 heavy (non-hydrogen) atoms. The van der Waals surface area contributed by atoms with Gasteiger partial charge >= 0.3 is 0 Å². The zero-order valence-electron chi connectivity index (χ0n) is 13.1. The molecular weight excluding hydrogens is 248 g/mol. The minimum atomic E-state index is 0.167. The summed E-state index contributed by atoms with van der Waals surface area (Å²) in [6, 6.07) is 7.87. The van der Waals surface area contributed by atoms with Gasteiger partial charge in [0.05, 0.1) is 0 Å². The van der Waals surface area contributed by atoms with Crippen molar-refractivity contribution < 1.29 is 4.79 Å². The van der Waals surface area contributed by atoms with Gasteiger partial charge in [-0.25, -0.2) is 0 Å². The molecular formula is C17H26N2O. The number of hydrogen-bond donors (Lipinski definition) is 0. The molecule has 1 fully saturated rings. The zero-order valence-corrected chi connectivity index (χ0v) is 13.1. The number of carbonyl (C=O) groups is 1. The lowest BCUT2D eigenvalue weighted by molar-refractivity contribution is 0.0592. The van der Waals surface area contributed by atoms with Gasteiger partial charge in [-0.3, -0.25) is 9.69 Å². The van der Waals surface area contributed by atoms with Crippen LogP contribution < -0.4 is 0 Å². The molecule has 0 saturated carbocycles. The Morgan fingerprint density at radius 3 is 2.10 bits per heavy atom. The monoisotopic (exact) mass is 274 g/mol. The van der Waals surface area contributed by atoms with Crippen LogP contribution in [0.1, 0.15) is 36.7 Å². The van der Waals surface area contributed by atoms with Crippen molar-refractivity contribution in [2.45, 2.75) is 27.7 Å². The van der Waals surface area contributed by atoms with E-state index in [1.165, 1.54) is 5.56 Å². The van der Waals surface area contributed by atoms with Gasteiger partial charge in [-0.05, 0) is 24.5 Å². The number of aryl methyl sites for hydroxylation is 1. The highest BCUT2D eigenvalue weighted by Crippen LogP contribution is 2.17. The third-order valence-corrected chi connectivity index (χ3v) is 3.66. The van der Waals surface area contributed by atoms with E-state index in [1.807, 2.05) is 36.1 Å². The van der Waals surface area contributed by atoms with Crippen LogP contribution in [-0.2, 0) is 0 Å². The van der Waals surface area contributed by atoms with Crippen LogP contribution in [0.3, 0.4) is 0 Å². The molecule has 2 rings (SSSR count). The molecule has 1 amide bonds. The second-order valence-corrected chi connectivity index (χ2v) is 7.00. The summed E-state index contributed by atoms with van der Waals surface area (Å²) in [5.41, 5.74) is 2.32. The van der Waals surface area contributed by atoms with Gasteiger partial charge in [0, 0.05) is 38.3 Å². The quantitative estimate of drug-likeness (QED) is 0.828. The first-order valence-corrected chi connectivity index (χ1v) is 7.43. The predicted molar refractivity (Wildman–Crippen MR) is 83.0 cm³/mol. The first-order chi connectivity index (χ1) is 9.35. The normalized spacial score (nSPS) is 17.3. The molecule has 1 aliphatic heterocycles. The molecule has 0 spiro atoms. The van der Waals surface area contributed by atoms with Crippen molar-refractivity contribution in [1.82, 2.24) is 9.80 Å². The predicted octanol–water partition coefficient (Wildman–Crippen LogP) is 2.80. The number of piperazine rings is 1. The Morgan fingerprint density at radius 1 is 1.05 bits per heavy atom. The standard InChI is InChI=1S/C17H26N2O/c1-14-5-7-15(8-6-14)16(20)19-11-9-18(10-12-19)13-17(2,3)4/h5-8H,9-13H2,1-4H3. The van der Waals surface area contributed by atoms with Crippen molar-refractivity contribution in [2.24, 2.45) is 5.41 Å². The average Bonchev–Trinajstić information content (AvgIpc) is 2.38. The zero-order chi connectivity index (χ0) is 14.8. The Kier molecular flexibility index (Phi) is 4.48. The van der Waals surface area contributed by atoms with Gasteiger partial charge in [-0.1, -0.05) is 38.5 Å². The van der Waals surface area contributed by atoms with Crippen LogP contribution in [0.25, 0.3) is 0 Å². The number of rotatable bonds is 2. The van der Waals surface area contributed by atoms with Crippen LogP contribution in [-0.4, -0.2) is 48.4 Å². The van der Waals surface area contributed by atoms with Gasteiger partial charge in [-0.15, -0.1) is 0 Å². The molecule has 3 nitrogen and oxygen atoms in total. The molecule has 0 bridgehead atoms. The molecule has 3 heteroatoms. The Bertz CT molecular complexity index is 451. The highest BCUT2D eigenvalue weighted by molar-refractivity contribution is 5.94. The van der Waals surface area contributed by atoms with Gasteiger partial charge in [0.2, 0.25) is 0 Å². The summed E-state index contributed by atoms with van der Waals surface area (Å²) in [6.07, 6.45) is 0. The van der Waals surface area contributed by atoms with E-state index < -0.39 is 0 Å². The van der Waals surface area contributed by atoms with E-state index in [0.29, 0.717) is 5.41 Å². The molecule has 1 saturated heterocycles. The van der Waals surface area contributed by atoms with Crippen molar-refractivity contribution in [3.05, 3.63) is 35.4 Å². The van der Waals surface area contributed by atoms with E-state index in [0.717, 1.165) is 38.3 Å². The summed E-state index contributed by atoms with van der Waals surface area (Å²) in [4.78, 5) is 16.8. The van der Waals surface area contributed by atoms with E-state index in [4.69, 9.17) is 0 Å². The van der Waals surface area contributed by atoms with E-state index >= 15 is 0 Å². The van der Waals surface area contributed by atoms with Gasteiger partial charge in [0.25, 0.3) is 5.91 Å². The van der Waals surface area contributed by atoms with Gasteiger partial charge in [0.1, 0.15) is 0 Å². The second kappa shape index (κ2) is 5.96. The molecule has 0 atom stereocenters. The summed E-state index contributed by atoms with van der Waals surface area (Å²) >= 11 is 0. The summed E-state index contributed by atoms with van der Waals surface area (Å²) in [5.74, 6) is 0.167. The molecule has 1 heterocycles. The number of benzene rings is 1. The topological polar surface area (TPSA) is 23.6 Å². The highest BCUT2D eigenvalue weighted by Gasteiger charge is 2.24. The highest BCUT2D eigenvalue weighted by atomic mass is 16.2. The summed E-state index contributed by atoms with van der Waals surface area (Å²) in [6.45, 7) is 13.6. The number of nitrogens with zero attached hydrogens (tertiary/aromatic N) is 2. The van der Waals surface area contributed by atoms with Crippen LogP contribution in [0, 0.1) is 12.3 Å². The van der Waals surface area contributed by atoms with Crippen molar-refractivity contribution in [2.75, 3.05) is 32.7 Å². The molecule has 110 valence electrons. The minimum Gasteiger partial charge on any atom is -0.336 e. The van der Waals surface area contributed by atoms with Crippen LogP contribution in [0.4, 0.5) is 0 Å². The van der Waals surface area contributed by atoms with Crippen LogP contribution in [0.15, 0.2) is 24.3 Å². The van der Waals surface area contributed by atoms with Crippen molar-refractivity contribution >= 4 is 5.91 Å². The lowest BCUT2D eigenvalue weighted by atomic mass is 9.96. The maximum atomic E-state index is 12.4. The Hall–Kier alpha value is -1.35. The van der Waals surface area contributed by atoms with Crippen molar-refractivity contribution in [3.63, 3.8) is 0 Å². The van der Waals surface area contributed by atoms with E-state index in [1.54, 1.807) is 0 Å². The van der Waals surface area contributed by atoms with Crippen LogP contribution >= 0.6 is 0 Å². The molecule has 1 aromatic carbocycles. The van der Waals surface area contributed by atoms with Gasteiger partial charge in [0.15, 0.2) is 0 Å². The van der Waals surface area contributed by atoms with E-state index in [9.17, 15) is 4.79 Å². The summed E-state index contributed by atoms with van der Waals surface area (Å²) in [7, 11) is 0. The molecule has 0 radical (unpaired) electrons. The van der Waals surface area contributed by atoms with E-state index in [2.05, 4.69) is 25.7 Å². The number of hydrogen-bond acceptors (Lipinski definition) is 2. The van der Waals surface area contributed by atoms with Gasteiger partial charge < -0.3 is 4.90 Å². The summed E-state index contributed by atoms with van der Waals surface area (Å²) in [5, 5.41) is 0. The summed E-state index contributed by atoms with van der Waals surface area (Å²) < 4.78 is 0. The SMILES string of the molecule is Cc1ccc(C(=O)N2CCN(CC(C)(C)C)CC2)cc1. The molecule has 0 aromatic heterocycles. The fourth-order valence-electron chi connectivity index (χ4n) is 2.66. The second-order valence-electron chi connectivity index (χ2n) is 7.00. The Labute approximate surface area is 122 Å². The molecule has 0 N–H and O–H groups in total. The smallest absolute Gasteiger partial charge is 0.253 e. The van der Waals surface area contributed by atoms with E-state index in [-0.39, 0.29) is 5.91 Å². The lowest BCUT2D eigenvalue weighted by Crippen LogP contribution is -2.50. The molecule has 0 aliphatic carbocycles. The third kappa shape index (κ3) is 4.07. The first-order valence-electron chi connectivity index (χ1n) is 7.43. The van der Waals surface area contributed by atoms with Crippen molar-refractivity contribution in [3.8, 4) is 0 Å². The third-order valence-electron chi connectivity index (χ3n) is 3.66. The van der Waals surface area contributed by atoms with Crippen LogP contribution in [0.2, 0.25) is 0 Å². The minimum absolute atomic E-state index is 0.167. The van der Waals surface area contributed by atoms with Crippen molar-refractivity contribution in [1.29, 1.82) is 0 Å². The number of carbonyl (C=O) groups excluding carboxylic acids is 1. The average molecular weight is 274 g/mol. The molecule has 0 unspecified atom stereocenters. The number of amides is 1. The molecule has 1 aromatic rings. The Morgan fingerprint density at radius 2 is 1.60 bits per heavy atom. The maximum Gasteiger partial charge on any atom is 0.253 e. The fourth-order valence-corrected chi connectivity index (χ4v) is 2.66. The van der Waals surface area contributed by atoms with Gasteiger partial charge in [-0.2, -0.15) is 0 Å². The first kappa shape index (κ1) is 15.0. The largest absolute Gasteiger partial charge is 0.336 e. The van der Waals surface area contributed by atoms with Crippen LogP contribution in [0.5, 0.6) is 0 Å². The lowest BCUT2D eigenvalue weighted by Gasteiger charge is -2.37.